The second-order valence-corrected chi connectivity index (χ2v) is 9.16. The SMILES string of the molecule is CC(C)(C(=O)Oc1ccc(Cl)cc1)S(=O)(=O)c1ccc(Br)cc1. The summed E-state index contributed by atoms with van der Waals surface area (Å²) in [5.74, 6) is -0.624. The number of hydrogen-bond donors (Lipinski definition) is 0. The van der Waals surface area contributed by atoms with Crippen molar-refractivity contribution in [1.82, 2.24) is 0 Å². The van der Waals surface area contributed by atoms with E-state index in [1.807, 2.05) is 0 Å². The van der Waals surface area contributed by atoms with Crippen LogP contribution in [0.4, 0.5) is 0 Å². The summed E-state index contributed by atoms with van der Waals surface area (Å²) in [5, 5.41) is 0.492. The number of esters is 1. The summed E-state index contributed by atoms with van der Waals surface area (Å²) >= 11 is 9.01. The molecular weight excluding hydrogens is 404 g/mol. The zero-order valence-electron chi connectivity index (χ0n) is 12.4. The van der Waals surface area contributed by atoms with Crippen LogP contribution < -0.4 is 4.74 Å². The van der Waals surface area contributed by atoms with Crippen LogP contribution in [-0.2, 0) is 14.6 Å². The van der Waals surface area contributed by atoms with Crippen molar-refractivity contribution >= 4 is 43.3 Å². The summed E-state index contributed by atoms with van der Waals surface area (Å²) in [7, 11) is -3.90. The Balaban J connectivity index is 2.30. The number of halogens is 2. The maximum Gasteiger partial charge on any atom is 0.332 e. The standard InChI is InChI=1S/C16H14BrClO4S/c1-16(2,15(19)22-13-7-5-12(18)6-8-13)23(20,21)14-9-3-11(17)4-10-14/h3-10H,1-2H3. The number of benzene rings is 2. The highest BCUT2D eigenvalue weighted by atomic mass is 79.9. The molecule has 2 aromatic carbocycles. The highest BCUT2D eigenvalue weighted by molar-refractivity contribution is 9.10. The quantitative estimate of drug-likeness (QED) is 0.551. The Morgan fingerprint density at radius 2 is 1.57 bits per heavy atom. The molecule has 0 bridgehead atoms. The van der Waals surface area contributed by atoms with Gasteiger partial charge in [0.05, 0.1) is 4.90 Å². The van der Waals surface area contributed by atoms with Gasteiger partial charge in [0.1, 0.15) is 5.75 Å². The molecule has 4 nitrogen and oxygen atoms in total. The highest BCUT2D eigenvalue weighted by Crippen LogP contribution is 2.28. The zero-order chi connectivity index (χ0) is 17.3. The van der Waals surface area contributed by atoms with Gasteiger partial charge in [0.25, 0.3) is 0 Å². The van der Waals surface area contributed by atoms with E-state index in [2.05, 4.69) is 15.9 Å². The second-order valence-electron chi connectivity index (χ2n) is 5.31. The number of ether oxygens (including phenoxy) is 1. The van der Waals surface area contributed by atoms with Crippen LogP contribution in [0.25, 0.3) is 0 Å². The van der Waals surface area contributed by atoms with Crippen molar-refractivity contribution in [2.45, 2.75) is 23.5 Å². The normalized spacial score (nSPS) is 12.0. The van der Waals surface area contributed by atoms with Gasteiger partial charge in [-0.3, -0.25) is 0 Å². The topological polar surface area (TPSA) is 60.4 Å². The van der Waals surface area contributed by atoms with Gasteiger partial charge in [0.2, 0.25) is 0 Å². The fraction of sp³-hybridized carbons (Fsp3) is 0.188. The average Bonchev–Trinajstić information content (AvgIpc) is 2.49. The first-order valence-corrected chi connectivity index (χ1v) is 9.28. The van der Waals surface area contributed by atoms with Crippen LogP contribution in [0, 0.1) is 0 Å². The van der Waals surface area contributed by atoms with E-state index in [9.17, 15) is 13.2 Å². The number of sulfone groups is 1. The first-order valence-electron chi connectivity index (χ1n) is 6.62. The zero-order valence-corrected chi connectivity index (χ0v) is 15.6. The molecular formula is C16H14BrClO4S. The molecule has 0 aliphatic heterocycles. The first kappa shape index (κ1) is 18.0. The molecule has 0 radical (unpaired) electrons. The van der Waals surface area contributed by atoms with E-state index < -0.39 is 20.6 Å². The Labute approximate surface area is 148 Å². The Morgan fingerprint density at radius 3 is 2.09 bits per heavy atom. The minimum Gasteiger partial charge on any atom is -0.425 e. The Bertz CT molecular complexity index is 812. The summed E-state index contributed by atoms with van der Waals surface area (Å²) < 4.78 is 29.6. The Morgan fingerprint density at radius 1 is 1.04 bits per heavy atom. The van der Waals surface area contributed by atoms with E-state index in [0.717, 1.165) is 4.47 Å². The van der Waals surface area contributed by atoms with E-state index in [4.69, 9.17) is 16.3 Å². The summed E-state index contributed by atoms with van der Waals surface area (Å²) in [6.45, 7) is 2.64. The monoisotopic (exact) mass is 416 g/mol. The van der Waals surface area contributed by atoms with Crippen molar-refractivity contribution < 1.29 is 17.9 Å². The first-order chi connectivity index (χ1) is 10.6. The molecule has 0 fully saturated rings. The van der Waals surface area contributed by atoms with Crippen molar-refractivity contribution in [3.8, 4) is 5.75 Å². The van der Waals surface area contributed by atoms with E-state index in [1.54, 1.807) is 24.3 Å². The molecule has 0 amide bonds. The third-order valence-electron chi connectivity index (χ3n) is 3.31. The Kier molecular flexibility index (Phi) is 5.18. The van der Waals surface area contributed by atoms with Crippen molar-refractivity contribution in [2.24, 2.45) is 0 Å². The molecule has 0 aromatic heterocycles. The van der Waals surface area contributed by atoms with Crippen LogP contribution in [0.15, 0.2) is 57.9 Å². The van der Waals surface area contributed by atoms with Crippen molar-refractivity contribution in [3.63, 3.8) is 0 Å². The molecule has 0 unspecified atom stereocenters. The van der Waals surface area contributed by atoms with Gasteiger partial charge in [-0.25, -0.2) is 13.2 Å². The molecule has 0 spiro atoms. The minimum absolute atomic E-state index is 0.0544. The van der Waals surface area contributed by atoms with Gasteiger partial charge in [-0.15, -0.1) is 0 Å². The van der Waals surface area contributed by atoms with Crippen molar-refractivity contribution in [3.05, 3.63) is 58.0 Å². The maximum atomic E-state index is 12.7. The summed E-state index contributed by atoms with van der Waals surface area (Å²) in [5.41, 5.74) is 0. The predicted molar refractivity (Wildman–Crippen MR) is 92.5 cm³/mol. The van der Waals surface area contributed by atoms with Crippen molar-refractivity contribution in [2.75, 3.05) is 0 Å². The van der Waals surface area contributed by atoms with Crippen LogP contribution in [0.2, 0.25) is 5.02 Å². The highest BCUT2D eigenvalue weighted by Gasteiger charge is 2.44. The van der Waals surface area contributed by atoms with E-state index in [1.165, 1.54) is 38.1 Å². The second kappa shape index (κ2) is 6.63. The lowest BCUT2D eigenvalue weighted by Gasteiger charge is -2.22. The molecule has 0 saturated heterocycles. The fourth-order valence-corrected chi connectivity index (χ4v) is 3.49. The predicted octanol–water partition coefficient (Wildman–Crippen LogP) is 4.26. The smallest absolute Gasteiger partial charge is 0.332 e. The van der Waals surface area contributed by atoms with E-state index in [-0.39, 0.29) is 10.6 Å². The summed E-state index contributed by atoms with van der Waals surface area (Å²) in [6, 6.07) is 12.2. The van der Waals surface area contributed by atoms with Crippen LogP contribution in [-0.4, -0.2) is 19.1 Å². The Hall–Kier alpha value is -1.37. The third-order valence-corrected chi connectivity index (χ3v) is 6.50. The molecule has 0 aliphatic rings. The molecule has 122 valence electrons. The van der Waals surface area contributed by atoms with Crippen LogP contribution in [0.1, 0.15) is 13.8 Å². The molecule has 23 heavy (non-hydrogen) atoms. The van der Waals surface area contributed by atoms with Crippen LogP contribution in [0.5, 0.6) is 5.75 Å². The van der Waals surface area contributed by atoms with E-state index in [0.29, 0.717) is 5.02 Å². The molecule has 2 aromatic rings. The molecule has 0 saturated carbocycles. The number of carbonyl (C=O) groups is 1. The van der Waals surface area contributed by atoms with Crippen molar-refractivity contribution in [1.29, 1.82) is 0 Å². The van der Waals surface area contributed by atoms with Gasteiger partial charge >= 0.3 is 5.97 Å². The van der Waals surface area contributed by atoms with Gasteiger partial charge < -0.3 is 4.74 Å². The van der Waals surface area contributed by atoms with Crippen LogP contribution in [0.3, 0.4) is 0 Å². The van der Waals surface area contributed by atoms with Crippen LogP contribution >= 0.6 is 27.5 Å². The largest absolute Gasteiger partial charge is 0.425 e. The lowest BCUT2D eigenvalue weighted by molar-refractivity contribution is -0.136. The third kappa shape index (κ3) is 3.76. The molecule has 0 aliphatic carbocycles. The van der Waals surface area contributed by atoms with E-state index >= 15 is 0 Å². The van der Waals surface area contributed by atoms with Gasteiger partial charge in [0.15, 0.2) is 14.6 Å². The number of rotatable bonds is 4. The van der Waals surface area contributed by atoms with Gasteiger partial charge in [-0.05, 0) is 62.4 Å². The summed E-state index contributed by atoms with van der Waals surface area (Å²) in [6.07, 6.45) is 0. The fourth-order valence-electron chi connectivity index (χ4n) is 1.75. The van der Waals surface area contributed by atoms with Gasteiger partial charge in [-0.2, -0.15) is 0 Å². The lowest BCUT2D eigenvalue weighted by atomic mass is 10.2. The lowest BCUT2D eigenvalue weighted by Crippen LogP contribution is -2.43. The maximum absolute atomic E-state index is 12.7. The number of hydrogen-bond acceptors (Lipinski definition) is 4. The molecule has 0 N–H and O–H groups in total. The van der Waals surface area contributed by atoms with Gasteiger partial charge in [-0.1, -0.05) is 27.5 Å². The summed E-state index contributed by atoms with van der Waals surface area (Å²) in [4.78, 5) is 12.4. The average molecular weight is 418 g/mol. The molecule has 2 rings (SSSR count). The molecule has 7 heteroatoms. The minimum atomic E-state index is -3.90. The molecule has 0 atom stereocenters. The van der Waals surface area contributed by atoms with Gasteiger partial charge in [0, 0.05) is 9.50 Å². The number of carbonyl (C=O) groups excluding carboxylic acids is 1. The molecule has 0 heterocycles.